The van der Waals surface area contributed by atoms with E-state index in [2.05, 4.69) is 48.5 Å². The quantitative estimate of drug-likeness (QED) is 0.602. The van der Waals surface area contributed by atoms with Gasteiger partial charge in [0.2, 0.25) is 0 Å². The van der Waals surface area contributed by atoms with E-state index in [1.807, 2.05) is 36.4 Å². The summed E-state index contributed by atoms with van der Waals surface area (Å²) in [6, 6.07) is 26.9. The van der Waals surface area contributed by atoms with E-state index in [1.165, 1.54) is 18.1 Å². The van der Waals surface area contributed by atoms with E-state index in [4.69, 9.17) is 4.74 Å². The molecule has 122 valence electrons. The molecule has 0 unspecified atom stereocenters. The number of hydrogen-bond acceptors (Lipinski definition) is 2. The zero-order chi connectivity index (χ0) is 17.2. The minimum absolute atomic E-state index is 0.0953. The van der Waals surface area contributed by atoms with Gasteiger partial charge in [-0.3, -0.25) is 4.79 Å². The van der Waals surface area contributed by atoms with Crippen LogP contribution >= 0.6 is 0 Å². The van der Waals surface area contributed by atoms with Crippen molar-refractivity contribution in [2.45, 2.75) is 12.8 Å². The molecule has 0 radical (unpaired) electrons. The van der Waals surface area contributed by atoms with Crippen LogP contribution in [0.3, 0.4) is 0 Å². The number of esters is 1. The molecule has 2 heteroatoms. The van der Waals surface area contributed by atoms with Gasteiger partial charge in [-0.05, 0) is 28.3 Å². The molecule has 3 aromatic rings. The van der Waals surface area contributed by atoms with Gasteiger partial charge in [0.15, 0.2) is 0 Å². The molecule has 0 fully saturated rings. The number of benzene rings is 3. The molecular formula is C23H18O2. The molecular weight excluding hydrogens is 308 g/mol. The first kappa shape index (κ1) is 15.4. The summed E-state index contributed by atoms with van der Waals surface area (Å²) >= 11 is 0. The number of rotatable bonds is 2. The molecule has 0 spiro atoms. The van der Waals surface area contributed by atoms with Gasteiger partial charge in [-0.15, -0.1) is 0 Å². The molecule has 0 saturated heterocycles. The second kappa shape index (κ2) is 6.40. The molecule has 0 heterocycles. The van der Waals surface area contributed by atoms with E-state index in [9.17, 15) is 4.79 Å². The predicted molar refractivity (Wildman–Crippen MR) is 99.9 cm³/mol. The molecule has 4 rings (SSSR count). The first-order valence-corrected chi connectivity index (χ1v) is 8.37. The van der Waals surface area contributed by atoms with Crippen molar-refractivity contribution < 1.29 is 9.53 Å². The minimum Gasteiger partial charge on any atom is -0.426 e. The van der Waals surface area contributed by atoms with Crippen molar-refractivity contribution in [1.82, 2.24) is 0 Å². The van der Waals surface area contributed by atoms with Crippen LogP contribution in [0, 0.1) is 0 Å². The van der Waals surface area contributed by atoms with Crippen LogP contribution in [0.25, 0.3) is 11.8 Å². The van der Waals surface area contributed by atoms with Gasteiger partial charge in [-0.25, -0.2) is 0 Å². The second-order valence-electron chi connectivity index (χ2n) is 6.16. The normalized spacial score (nSPS) is 15.4. The van der Waals surface area contributed by atoms with Crippen LogP contribution in [0.4, 0.5) is 0 Å². The lowest BCUT2D eigenvalue weighted by atomic mass is 9.82. The molecule has 0 bridgehead atoms. The highest BCUT2D eigenvalue weighted by Gasteiger charge is 2.26. The monoisotopic (exact) mass is 326 g/mol. The zero-order valence-electron chi connectivity index (χ0n) is 14.0. The van der Waals surface area contributed by atoms with Gasteiger partial charge in [0.1, 0.15) is 5.76 Å². The molecule has 1 aliphatic rings. The Bertz CT molecular complexity index is 955. The Morgan fingerprint density at radius 2 is 1.44 bits per heavy atom. The highest BCUT2D eigenvalue weighted by Crippen LogP contribution is 2.41. The molecule has 0 aliphatic heterocycles. The fourth-order valence-corrected chi connectivity index (χ4v) is 3.51. The topological polar surface area (TPSA) is 26.3 Å². The van der Waals surface area contributed by atoms with Gasteiger partial charge in [0.25, 0.3) is 0 Å². The summed E-state index contributed by atoms with van der Waals surface area (Å²) in [7, 11) is 0. The van der Waals surface area contributed by atoms with Gasteiger partial charge in [0.05, 0.1) is 0 Å². The summed E-state index contributed by atoms with van der Waals surface area (Å²) < 4.78 is 5.56. The standard InChI is InChI=1S/C23H18O2/c1-16(24)25-22-15-18-11-5-6-12-19(18)23(17-9-3-2-4-10-17)21-14-8-7-13-20(21)22/h2-15,23H,1H3/t23-/m0/s1. The summed E-state index contributed by atoms with van der Waals surface area (Å²) in [6.07, 6.45) is 1.97. The summed E-state index contributed by atoms with van der Waals surface area (Å²) in [6.45, 7) is 1.44. The summed E-state index contributed by atoms with van der Waals surface area (Å²) in [5, 5.41) is 0. The third-order valence-corrected chi connectivity index (χ3v) is 4.52. The van der Waals surface area contributed by atoms with Crippen molar-refractivity contribution in [1.29, 1.82) is 0 Å². The summed E-state index contributed by atoms with van der Waals surface area (Å²) in [5.74, 6) is 0.392. The summed E-state index contributed by atoms with van der Waals surface area (Å²) in [5.41, 5.74) is 5.61. The third kappa shape index (κ3) is 2.87. The Morgan fingerprint density at radius 1 is 0.800 bits per heavy atom. The zero-order valence-corrected chi connectivity index (χ0v) is 14.0. The Labute approximate surface area is 147 Å². The highest BCUT2D eigenvalue weighted by molar-refractivity contribution is 5.88. The largest absolute Gasteiger partial charge is 0.426 e. The van der Waals surface area contributed by atoms with Crippen LogP contribution in [0.2, 0.25) is 0 Å². The highest BCUT2D eigenvalue weighted by atomic mass is 16.5. The van der Waals surface area contributed by atoms with E-state index >= 15 is 0 Å². The van der Waals surface area contributed by atoms with E-state index < -0.39 is 0 Å². The van der Waals surface area contributed by atoms with Crippen LogP contribution in [0.5, 0.6) is 0 Å². The van der Waals surface area contributed by atoms with Crippen LogP contribution in [0.1, 0.15) is 40.7 Å². The first-order valence-electron chi connectivity index (χ1n) is 8.37. The van der Waals surface area contributed by atoms with Crippen LogP contribution in [-0.2, 0) is 9.53 Å². The molecule has 0 amide bonds. The van der Waals surface area contributed by atoms with Crippen molar-refractivity contribution in [3.8, 4) is 0 Å². The average molecular weight is 326 g/mol. The number of fused-ring (bicyclic) bond motifs is 2. The maximum Gasteiger partial charge on any atom is 0.308 e. The maximum absolute atomic E-state index is 11.6. The van der Waals surface area contributed by atoms with Crippen LogP contribution in [0.15, 0.2) is 78.9 Å². The van der Waals surface area contributed by atoms with Crippen molar-refractivity contribution in [3.05, 3.63) is 107 Å². The third-order valence-electron chi connectivity index (χ3n) is 4.52. The van der Waals surface area contributed by atoms with Gasteiger partial charge < -0.3 is 4.74 Å². The molecule has 0 N–H and O–H groups in total. The van der Waals surface area contributed by atoms with E-state index in [0.29, 0.717) is 5.76 Å². The fourth-order valence-electron chi connectivity index (χ4n) is 3.51. The molecule has 25 heavy (non-hydrogen) atoms. The van der Waals surface area contributed by atoms with Crippen molar-refractivity contribution in [2.24, 2.45) is 0 Å². The smallest absolute Gasteiger partial charge is 0.308 e. The van der Waals surface area contributed by atoms with Gasteiger partial charge in [-0.1, -0.05) is 78.9 Å². The van der Waals surface area contributed by atoms with E-state index in [-0.39, 0.29) is 11.9 Å². The molecule has 1 aliphatic carbocycles. The van der Waals surface area contributed by atoms with Crippen LogP contribution < -0.4 is 0 Å². The Hall–Kier alpha value is -3.13. The first-order chi connectivity index (χ1) is 12.2. The van der Waals surface area contributed by atoms with Crippen LogP contribution in [-0.4, -0.2) is 5.97 Å². The van der Waals surface area contributed by atoms with Gasteiger partial charge in [0, 0.05) is 18.4 Å². The van der Waals surface area contributed by atoms with E-state index in [1.54, 1.807) is 0 Å². The average Bonchev–Trinajstić information content (AvgIpc) is 2.76. The predicted octanol–water partition coefficient (Wildman–Crippen LogP) is 5.24. The molecule has 1 atom stereocenters. The Kier molecular flexibility index (Phi) is 3.95. The Morgan fingerprint density at radius 3 is 2.20 bits per heavy atom. The van der Waals surface area contributed by atoms with Crippen molar-refractivity contribution >= 4 is 17.8 Å². The number of carbonyl (C=O) groups is 1. The summed E-state index contributed by atoms with van der Waals surface area (Å²) in [4.78, 5) is 11.6. The maximum atomic E-state index is 11.6. The van der Waals surface area contributed by atoms with Gasteiger partial charge >= 0.3 is 5.97 Å². The van der Waals surface area contributed by atoms with Crippen molar-refractivity contribution in [2.75, 3.05) is 0 Å². The lowest BCUT2D eigenvalue weighted by molar-refractivity contribution is -0.134. The molecule has 0 aromatic heterocycles. The lowest BCUT2D eigenvalue weighted by Gasteiger charge is -2.21. The Balaban J connectivity index is 2.01. The second-order valence-corrected chi connectivity index (χ2v) is 6.16. The molecule has 3 aromatic carbocycles. The van der Waals surface area contributed by atoms with Crippen molar-refractivity contribution in [3.63, 3.8) is 0 Å². The SMILES string of the molecule is CC(=O)OC1=Cc2ccccc2[C@H](c2ccccc2)c2ccccc21. The van der Waals surface area contributed by atoms with Gasteiger partial charge in [-0.2, -0.15) is 0 Å². The number of carbonyl (C=O) groups excluding carboxylic acids is 1. The number of ether oxygens (including phenoxy) is 1. The van der Waals surface area contributed by atoms with E-state index in [0.717, 1.165) is 16.7 Å². The number of hydrogen-bond donors (Lipinski definition) is 0. The lowest BCUT2D eigenvalue weighted by Crippen LogP contribution is -2.06. The molecule has 0 saturated carbocycles. The minimum atomic E-state index is -0.309. The fraction of sp³-hybridized carbons (Fsp3) is 0.0870. The molecule has 2 nitrogen and oxygen atoms in total.